The second-order valence-electron chi connectivity index (χ2n) is 7.39. The van der Waals surface area contributed by atoms with Gasteiger partial charge >= 0.3 is 5.97 Å². The number of aliphatic hydroxyl groups excluding tert-OH is 1. The summed E-state index contributed by atoms with van der Waals surface area (Å²) in [5.41, 5.74) is 1.11. The van der Waals surface area contributed by atoms with Crippen molar-refractivity contribution in [2.75, 3.05) is 52.3 Å². The van der Waals surface area contributed by atoms with Crippen molar-refractivity contribution >= 4 is 17.6 Å². The molecule has 0 bridgehead atoms. The lowest BCUT2D eigenvalue weighted by Gasteiger charge is -2.32. The molecule has 2 aliphatic rings. The Morgan fingerprint density at radius 1 is 1.28 bits per heavy atom. The summed E-state index contributed by atoms with van der Waals surface area (Å²) in [6.07, 6.45) is 3.62. The molecule has 1 aromatic rings. The van der Waals surface area contributed by atoms with E-state index in [0.717, 1.165) is 18.7 Å². The summed E-state index contributed by atoms with van der Waals surface area (Å²) < 4.78 is 10.7. The highest BCUT2D eigenvalue weighted by molar-refractivity contribution is 6.08. The fourth-order valence-corrected chi connectivity index (χ4v) is 3.67. The largest absolute Gasteiger partial charge is 0.492 e. The number of nitrogens with one attached hydrogen (secondary N) is 1. The normalized spacial score (nSPS) is 20.2. The Kier molecular flexibility index (Phi) is 7.11. The molecule has 1 saturated heterocycles. The van der Waals surface area contributed by atoms with Crippen molar-refractivity contribution in [2.45, 2.75) is 25.3 Å². The third-order valence-corrected chi connectivity index (χ3v) is 5.44. The lowest BCUT2D eigenvalue weighted by atomic mass is 10.0. The first kappa shape index (κ1) is 21.1. The standard InChI is InChI=1S/C21H29N3O5/c1-23-10-4-3-5-16(23)14-29-17-8-6-15(7-9-17)22-19-18(21(27)28-2)13-24(11-12-25)20(19)26/h6-9,16,22,25H,3-5,10-14H2,1-2H3. The summed E-state index contributed by atoms with van der Waals surface area (Å²) in [6, 6.07) is 7.74. The van der Waals surface area contributed by atoms with E-state index in [9.17, 15) is 9.59 Å². The number of likely N-dealkylation sites (tertiary alicyclic amines) is 1. The number of benzene rings is 1. The van der Waals surface area contributed by atoms with Crippen molar-refractivity contribution in [2.24, 2.45) is 0 Å². The quantitative estimate of drug-likeness (QED) is 0.631. The monoisotopic (exact) mass is 403 g/mol. The number of carbonyl (C=O) groups is 2. The first-order valence-corrected chi connectivity index (χ1v) is 9.95. The molecule has 0 aliphatic carbocycles. The molecule has 3 rings (SSSR count). The van der Waals surface area contributed by atoms with E-state index in [4.69, 9.17) is 14.6 Å². The second kappa shape index (κ2) is 9.76. The van der Waals surface area contributed by atoms with Gasteiger partial charge in [-0.2, -0.15) is 0 Å². The van der Waals surface area contributed by atoms with Crippen LogP contribution in [-0.4, -0.2) is 79.8 Å². The van der Waals surface area contributed by atoms with Crippen LogP contribution in [0.3, 0.4) is 0 Å². The zero-order valence-electron chi connectivity index (χ0n) is 17.0. The van der Waals surface area contributed by atoms with E-state index >= 15 is 0 Å². The van der Waals surface area contributed by atoms with Gasteiger partial charge in [-0.05, 0) is 50.7 Å². The van der Waals surface area contributed by atoms with Crippen LogP contribution in [0.1, 0.15) is 19.3 Å². The Balaban J connectivity index is 1.64. The number of amides is 1. The van der Waals surface area contributed by atoms with E-state index in [1.165, 1.54) is 24.9 Å². The van der Waals surface area contributed by atoms with Gasteiger partial charge in [0.05, 0.1) is 25.8 Å². The van der Waals surface area contributed by atoms with Crippen LogP contribution < -0.4 is 10.1 Å². The molecule has 8 heteroatoms. The highest BCUT2D eigenvalue weighted by atomic mass is 16.5. The maximum atomic E-state index is 12.6. The van der Waals surface area contributed by atoms with Crippen molar-refractivity contribution in [1.82, 2.24) is 9.80 Å². The molecule has 1 aromatic carbocycles. The van der Waals surface area contributed by atoms with Crippen LogP contribution in [0.4, 0.5) is 5.69 Å². The number of nitrogens with zero attached hydrogens (tertiary/aromatic N) is 2. The van der Waals surface area contributed by atoms with Crippen LogP contribution in [0.15, 0.2) is 35.5 Å². The minimum Gasteiger partial charge on any atom is -0.492 e. The number of hydrogen-bond acceptors (Lipinski definition) is 7. The average molecular weight is 403 g/mol. The van der Waals surface area contributed by atoms with Crippen molar-refractivity contribution in [1.29, 1.82) is 0 Å². The molecule has 29 heavy (non-hydrogen) atoms. The molecular formula is C21H29N3O5. The smallest absolute Gasteiger partial charge is 0.337 e. The Morgan fingerprint density at radius 3 is 2.69 bits per heavy atom. The Hall–Kier alpha value is -2.58. The molecule has 1 fully saturated rings. The number of ether oxygens (including phenoxy) is 2. The number of rotatable bonds is 8. The van der Waals surface area contributed by atoms with E-state index in [1.807, 2.05) is 24.3 Å². The molecule has 2 heterocycles. The van der Waals surface area contributed by atoms with Crippen LogP contribution >= 0.6 is 0 Å². The first-order chi connectivity index (χ1) is 14.0. The fourth-order valence-electron chi connectivity index (χ4n) is 3.67. The lowest BCUT2D eigenvalue weighted by molar-refractivity contribution is -0.136. The van der Waals surface area contributed by atoms with E-state index in [2.05, 4.69) is 17.3 Å². The number of likely N-dealkylation sites (N-methyl/N-ethyl adjacent to an activating group) is 1. The molecule has 2 aliphatic heterocycles. The SMILES string of the molecule is COC(=O)C1=C(Nc2ccc(OCC3CCCCN3C)cc2)C(=O)N(CCO)C1. The zero-order chi connectivity index (χ0) is 20.8. The molecule has 158 valence electrons. The van der Waals surface area contributed by atoms with E-state index < -0.39 is 5.97 Å². The number of esters is 1. The van der Waals surface area contributed by atoms with E-state index in [1.54, 1.807) is 0 Å². The summed E-state index contributed by atoms with van der Waals surface area (Å²) in [4.78, 5) is 28.4. The summed E-state index contributed by atoms with van der Waals surface area (Å²) in [6.45, 7) is 1.86. The van der Waals surface area contributed by atoms with Crippen LogP contribution in [0.2, 0.25) is 0 Å². The molecule has 1 atom stereocenters. The van der Waals surface area contributed by atoms with Gasteiger partial charge in [0.2, 0.25) is 0 Å². The predicted molar refractivity (Wildman–Crippen MR) is 109 cm³/mol. The first-order valence-electron chi connectivity index (χ1n) is 9.95. The van der Waals surface area contributed by atoms with Crippen molar-refractivity contribution in [3.8, 4) is 5.75 Å². The van der Waals surface area contributed by atoms with Gasteiger partial charge < -0.3 is 29.7 Å². The van der Waals surface area contributed by atoms with Crippen molar-refractivity contribution < 1.29 is 24.2 Å². The highest BCUT2D eigenvalue weighted by Crippen LogP contribution is 2.24. The Labute approximate surface area is 171 Å². The van der Waals surface area contributed by atoms with E-state index in [0.29, 0.717) is 18.3 Å². The summed E-state index contributed by atoms with van der Waals surface area (Å²) >= 11 is 0. The number of carbonyl (C=O) groups excluding carboxylic acids is 2. The predicted octanol–water partition coefficient (Wildman–Crippen LogP) is 1.22. The van der Waals surface area contributed by atoms with E-state index in [-0.39, 0.29) is 36.9 Å². The van der Waals surface area contributed by atoms with Crippen LogP contribution in [0.25, 0.3) is 0 Å². The molecular weight excluding hydrogens is 374 g/mol. The van der Waals surface area contributed by atoms with Gasteiger partial charge in [0.15, 0.2) is 0 Å². The second-order valence-corrected chi connectivity index (χ2v) is 7.39. The molecule has 1 amide bonds. The summed E-state index contributed by atoms with van der Waals surface area (Å²) in [5, 5.41) is 12.2. The van der Waals surface area contributed by atoms with Gasteiger partial charge in [-0.1, -0.05) is 6.42 Å². The highest BCUT2D eigenvalue weighted by Gasteiger charge is 2.34. The lowest BCUT2D eigenvalue weighted by Crippen LogP contribution is -2.40. The maximum absolute atomic E-state index is 12.6. The van der Waals surface area contributed by atoms with Gasteiger partial charge in [0.1, 0.15) is 18.1 Å². The molecule has 2 N–H and O–H groups in total. The topological polar surface area (TPSA) is 91.3 Å². The van der Waals surface area contributed by atoms with Gasteiger partial charge in [-0.25, -0.2) is 4.79 Å². The molecule has 0 saturated carbocycles. The number of aliphatic hydroxyl groups is 1. The third kappa shape index (κ3) is 5.07. The van der Waals surface area contributed by atoms with Gasteiger partial charge in [-0.15, -0.1) is 0 Å². The Bertz CT molecular complexity index is 762. The zero-order valence-corrected chi connectivity index (χ0v) is 17.0. The van der Waals surface area contributed by atoms with Crippen LogP contribution in [0.5, 0.6) is 5.75 Å². The minimum atomic E-state index is -0.558. The average Bonchev–Trinajstić information content (AvgIpc) is 3.04. The maximum Gasteiger partial charge on any atom is 0.337 e. The van der Waals surface area contributed by atoms with Crippen LogP contribution in [-0.2, 0) is 14.3 Å². The van der Waals surface area contributed by atoms with Crippen molar-refractivity contribution in [3.63, 3.8) is 0 Å². The van der Waals surface area contributed by atoms with Crippen LogP contribution in [0, 0.1) is 0 Å². The summed E-state index contributed by atoms with van der Waals surface area (Å²) in [7, 11) is 3.41. The third-order valence-electron chi connectivity index (χ3n) is 5.44. The number of β-amino-alcohol motifs (C(OH)–C–C–N with tert-alkyl or cyclic N) is 1. The number of anilines is 1. The molecule has 0 aromatic heterocycles. The molecule has 0 radical (unpaired) electrons. The molecule has 1 unspecified atom stereocenters. The summed E-state index contributed by atoms with van der Waals surface area (Å²) in [5.74, 6) is -0.130. The number of methoxy groups -OCH3 is 1. The number of piperidine rings is 1. The number of hydrogen-bond donors (Lipinski definition) is 2. The minimum absolute atomic E-state index is 0.116. The molecule has 8 nitrogen and oxygen atoms in total. The van der Waals surface area contributed by atoms with Gasteiger partial charge in [0.25, 0.3) is 5.91 Å². The molecule has 0 spiro atoms. The van der Waals surface area contributed by atoms with Gasteiger partial charge in [0, 0.05) is 18.3 Å². The van der Waals surface area contributed by atoms with Gasteiger partial charge in [-0.3, -0.25) is 4.79 Å². The van der Waals surface area contributed by atoms with Crippen molar-refractivity contribution in [3.05, 3.63) is 35.5 Å². The fraction of sp³-hybridized carbons (Fsp3) is 0.524. The Morgan fingerprint density at radius 2 is 2.03 bits per heavy atom.